The Labute approximate surface area is 220 Å². The fourth-order valence-electron chi connectivity index (χ4n) is 3.01. The number of pyridine rings is 1. The number of carbonyl (C=O) groups is 2. The third-order valence-electron chi connectivity index (χ3n) is 4.96. The Kier molecular flexibility index (Phi) is 13.0. The molecule has 0 bridgehead atoms. The third-order valence-corrected chi connectivity index (χ3v) is 4.96. The van der Waals surface area contributed by atoms with Crippen LogP contribution in [0.25, 0.3) is 0 Å². The molecular weight excluding hydrogens is 502 g/mol. The number of primary amides is 1. The van der Waals surface area contributed by atoms with Gasteiger partial charge in [-0.3, -0.25) is 14.8 Å². The minimum atomic E-state index is -0.945. The number of carbonyl (C=O) groups excluding carboxylic acids is 2. The van der Waals surface area contributed by atoms with Crippen LogP contribution in [0.5, 0.6) is 17.2 Å². The summed E-state index contributed by atoms with van der Waals surface area (Å²) in [5.41, 5.74) is 6.01. The molecule has 206 valence electrons. The number of methoxy groups -OCH3 is 2. The molecule has 0 aliphatic heterocycles. The van der Waals surface area contributed by atoms with E-state index in [0.29, 0.717) is 28.9 Å². The van der Waals surface area contributed by atoms with Gasteiger partial charge in [0.25, 0.3) is 0 Å². The number of hydrogen-bond donors (Lipinski definition) is 3. The summed E-state index contributed by atoms with van der Waals surface area (Å²) in [5, 5.41) is 18.4. The fourth-order valence-corrected chi connectivity index (χ4v) is 3.01. The van der Waals surface area contributed by atoms with Gasteiger partial charge in [-0.2, -0.15) is 0 Å². The van der Waals surface area contributed by atoms with Crippen molar-refractivity contribution in [2.45, 2.75) is 39.7 Å². The third kappa shape index (κ3) is 9.92. The van der Waals surface area contributed by atoms with Crippen molar-refractivity contribution in [2.75, 3.05) is 14.2 Å². The number of rotatable bonds is 7. The molecule has 1 atom stereocenters. The van der Waals surface area contributed by atoms with Crippen LogP contribution in [-0.4, -0.2) is 42.5 Å². The molecule has 0 saturated carbocycles. The first-order chi connectivity index (χ1) is 17.9. The molecule has 0 spiro atoms. The lowest BCUT2D eigenvalue weighted by molar-refractivity contribution is -0.906. The molecule has 0 aliphatic carbocycles. The van der Waals surface area contributed by atoms with E-state index in [0.717, 1.165) is 11.8 Å². The minimum absolute atomic E-state index is 0.0686. The molecule has 0 aliphatic rings. The summed E-state index contributed by atoms with van der Waals surface area (Å²) in [6.07, 6.45) is 1.75. The second kappa shape index (κ2) is 15.6. The van der Waals surface area contributed by atoms with Crippen molar-refractivity contribution in [2.24, 2.45) is 5.73 Å². The molecule has 1 unspecified atom stereocenters. The molecule has 3 aromatic rings. The SMILES string of the molecule is CCC(=O)OC(C)Cc1ccc(F)cc1OC.COc1cc[n+](O)c(C(N)=O)c1O.Cc1ccccc1F. The number of nitrogens with two attached hydrogens (primary N) is 1. The highest BCUT2D eigenvalue weighted by molar-refractivity contribution is 5.92. The van der Waals surface area contributed by atoms with E-state index in [4.69, 9.17) is 25.2 Å². The summed E-state index contributed by atoms with van der Waals surface area (Å²) < 4.78 is 40.7. The van der Waals surface area contributed by atoms with Gasteiger partial charge in [-0.15, -0.1) is 0 Å². The number of halogens is 2. The Bertz CT molecular complexity index is 1200. The van der Waals surface area contributed by atoms with Gasteiger partial charge in [0, 0.05) is 23.6 Å². The first-order valence-corrected chi connectivity index (χ1v) is 11.5. The number of nitrogens with zero attached hydrogens (tertiary/aromatic N) is 1. The first-order valence-electron chi connectivity index (χ1n) is 11.5. The van der Waals surface area contributed by atoms with Crippen LogP contribution in [0.15, 0.2) is 54.7 Å². The number of aryl methyl sites for hydroxylation is 1. The van der Waals surface area contributed by atoms with Gasteiger partial charge >= 0.3 is 17.6 Å². The highest BCUT2D eigenvalue weighted by Crippen LogP contribution is 2.26. The van der Waals surface area contributed by atoms with E-state index in [1.165, 1.54) is 38.5 Å². The van der Waals surface area contributed by atoms with E-state index >= 15 is 0 Å². The van der Waals surface area contributed by atoms with E-state index < -0.39 is 17.4 Å². The summed E-state index contributed by atoms with van der Waals surface area (Å²) in [7, 11) is 2.81. The van der Waals surface area contributed by atoms with Crippen LogP contribution in [0.2, 0.25) is 0 Å². The maximum Gasteiger partial charge on any atom is 0.366 e. The van der Waals surface area contributed by atoms with Crippen LogP contribution in [0.3, 0.4) is 0 Å². The van der Waals surface area contributed by atoms with Crippen LogP contribution < -0.4 is 19.9 Å². The lowest BCUT2D eigenvalue weighted by Crippen LogP contribution is -2.39. The number of aromatic hydroxyl groups is 1. The second-order valence-electron chi connectivity index (χ2n) is 7.85. The topological polar surface area (TPSA) is 132 Å². The molecule has 0 fully saturated rings. The lowest BCUT2D eigenvalue weighted by atomic mass is 10.1. The zero-order valence-corrected chi connectivity index (χ0v) is 21.9. The summed E-state index contributed by atoms with van der Waals surface area (Å²) in [6, 6.07) is 12.3. The quantitative estimate of drug-likeness (QED) is 0.238. The second-order valence-corrected chi connectivity index (χ2v) is 7.85. The number of aromatic nitrogens is 1. The average molecular weight is 536 g/mol. The van der Waals surface area contributed by atoms with Gasteiger partial charge in [-0.05, 0) is 37.1 Å². The van der Waals surface area contributed by atoms with Crippen molar-refractivity contribution < 1.29 is 47.6 Å². The summed E-state index contributed by atoms with van der Waals surface area (Å²) >= 11 is 0. The molecule has 1 aromatic heterocycles. The molecule has 11 heteroatoms. The number of amides is 1. The number of benzene rings is 2. The molecule has 1 heterocycles. The van der Waals surface area contributed by atoms with Crippen LogP contribution in [0.1, 0.15) is 41.9 Å². The Morgan fingerprint density at radius 3 is 2.18 bits per heavy atom. The van der Waals surface area contributed by atoms with Crippen molar-refractivity contribution in [1.29, 1.82) is 0 Å². The van der Waals surface area contributed by atoms with Gasteiger partial charge in [0.1, 0.15) is 23.5 Å². The van der Waals surface area contributed by atoms with E-state index in [9.17, 15) is 23.5 Å². The van der Waals surface area contributed by atoms with Crippen molar-refractivity contribution in [3.8, 4) is 17.2 Å². The molecule has 9 nitrogen and oxygen atoms in total. The van der Waals surface area contributed by atoms with Gasteiger partial charge in [0.2, 0.25) is 11.9 Å². The normalized spacial score (nSPS) is 10.6. The predicted molar refractivity (Wildman–Crippen MR) is 134 cm³/mol. The van der Waals surface area contributed by atoms with Gasteiger partial charge in [0.05, 0.1) is 20.3 Å². The Morgan fingerprint density at radius 2 is 1.68 bits per heavy atom. The van der Waals surface area contributed by atoms with Crippen molar-refractivity contribution >= 4 is 11.9 Å². The van der Waals surface area contributed by atoms with Gasteiger partial charge in [-0.25, -0.2) is 8.78 Å². The standard InChI is InChI=1S/C13H17FO3.C7H7F.C7H8N2O4/c1-4-13(15)17-9(2)7-10-5-6-11(14)8-12(10)16-3;1-6-4-2-3-5-7(6)8;1-13-4-2-3-9(12)5(6(4)10)7(8)11/h5-6,8-9H,4,7H2,1-3H3;2-5H,1H3;2-3H,1H3,(H3-,8,10,11,12)/p+1. The molecule has 0 radical (unpaired) electrons. The molecule has 1 amide bonds. The number of ether oxygens (including phenoxy) is 3. The van der Waals surface area contributed by atoms with E-state index in [-0.39, 0.29) is 29.5 Å². The van der Waals surface area contributed by atoms with Crippen LogP contribution in [-0.2, 0) is 16.0 Å². The number of hydrogen-bond acceptors (Lipinski definition) is 7. The molecule has 4 N–H and O–H groups in total. The van der Waals surface area contributed by atoms with E-state index in [1.54, 1.807) is 39.0 Å². The zero-order chi connectivity index (χ0) is 28.8. The van der Waals surface area contributed by atoms with Gasteiger partial charge in [-0.1, -0.05) is 31.2 Å². The molecule has 2 aromatic carbocycles. The first kappa shape index (κ1) is 31.6. The molecule has 0 saturated heterocycles. The minimum Gasteiger partial charge on any atom is -0.499 e. The zero-order valence-electron chi connectivity index (χ0n) is 21.9. The van der Waals surface area contributed by atoms with Crippen molar-refractivity contribution in [3.63, 3.8) is 0 Å². The predicted octanol–water partition coefficient (Wildman–Crippen LogP) is 3.88. The highest BCUT2D eigenvalue weighted by Gasteiger charge is 2.26. The molecular formula is C27H33F2N2O7+. The summed E-state index contributed by atoms with van der Waals surface area (Å²) in [6.45, 7) is 5.29. The smallest absolute Gasteiger partial charge is 0.366 e. The molecule has 3 rings (SSSR count). The largest absolute Gasteiger partial charge is 0.499 e. The summed E-state index contributed by atoms with van der Waals surface area (Å²) in [4.78, 5) is 21.8. The maximum atomic E-state index is 13.0. The maximum absolute atomic E-state index is 13.0. The fraction of sp³-hybridized carbons (Fsp3) is 0.296. The van der Waals surface area contributed by atoms with Crippen molar-refractivity contribution in [3.05, 3.63) is 83.2 Å². The average Bonchev–Trinajstić information content (AvgIpc) is 2.87. The highest BCUT2D eigenvalue weighted by atomic mass is 19.1. The molecule has 38 heavy (non-hydrogen) atoms. The van der Waals surface area contributed by atoms with Gasteiger partial charge < -0.3 is 25.1 Å². The van der Waals surface area contributed by atoms with E-state index in [2.05, 4.69) is 0 Å². The monoisotopic (exact) mass is 535 g/mol. The Hall–Kier alpha value is -4.41. The van der Waals surface area contributed by atoms with Crippen molar-refractivity contribution in [1.82, 2.24) is 0 Å². The Morgan fingerprint density at radius 1 is 1.05 bits per heavy atom. The van der Waals surface area contributed by atoms with Crippen LogP contribution in [0, 0.1) is 18.6 Å². The van der Waals surface area contributed by atoms with E-state index in [1.807, 2.05) is 6.07 Å². The van der Waals surface area contributed by atoms with Crippen LogP contribution in [0.4, 0.5) is 8.78 Å². The summed E-state index contributed by atoms with van der Waals surface area (Å²) in [5.74, 6) is -1.60. The number of esters is 1. The van der Waals surface area contributed by atoms with Crippen LogP contribution >= 0.6 is 0 Å². The lowest BCUT2D eigenvalue weighted by Gasteiger charge is -2.14. The Balaban J connectivity index is 0.000000303. The van der Waals surface area contributed by atoms with Gasteiger partial charge in [0.15, 0.2) is 5.75 Å².